The van der Waals surface area contributed by atoms with Crippen molar-refractivity contribution in [2.75, 3.05) is 18.6 Å². The van der Waals surface area contributed by atoms with Gasteiger partial charge in [-0.25, -0.2) is 13.4 Å². The first-order valence-electron chi connectivity index (χ1n) is 7.67. The van der Waals surface area contributed by atoms with Crippen molar-refractivity contribution in [2.24, 2.45) is 0 Å². The van der Waals surface area contributed by atoms with Gasteiger partial charge in [-0.15, -0.1) is 0 Å². The Morgan fingerprint density at radius 3 is 2.73 bits per heavy atom. The maximum absolute atomic E-state index is 12.3. The van der Waals surface area contributed by atoms with E-state index in [1.54, 1.807) is 19.1 Å². The van der Waals surface area contributed by atoms with E-state index in [0.29, 0.717) is 5.56 Å². The van der Waals surface area contributed by atoms with E-state index in [9.17, 15) is 13.2 Å². The summed E-state index contributed by atoms with van der Waals surface area (Å²) in [6, 6.07) is 9.45. The Morgan fingerprint density at radius 2 is 2.12 bits per heavy atom. The summed E-state index contributed by atoms with van der Waals surface area (Å²) in [6.45, 7) is 2.10. The maximum Gasteiger partial charge on any atom is 0.270 e. The lowest BCUT2D eigenvalue weighted by atomic mass is 10.2. The van der Waals surface area contributed by atoms with Crippen LogP contribution < -0.4 is 15.8 Å². The molecule has 0 aliphatic rings. The molecule has 1 heterocycles. The van der Waals surface area contributed by atoms with E-state index in [2.05, 4.69) is 10.3 Å². The molecule has 26 heavy (non-hydrogen) atoms. The van der Waals surface area contributed by atoms with Crippen molar-refractivity contribution in [2.45, 2.75) is 18.4 Å². The first kappa shape index (κ1) is 19.2. The zero-order valence-electron chi connectivity index (χ0n) is 14.3. The lowest BCUT2D eigenvalue weighted by molar-refractivity contribution is 0.0944. The van der Waals surface area contributed by atoms with Crippen LogP contribution in [-0.2, 0) is 16.4 Å². The van der Waals surface area contributed by atoms with E-state index in [1.165, 1.54) is 18.2 Å². The largest absolute Gasteiger partial charge is 0.477 e. The molecule has 1 amide bonds. The first-order chi connectivity index (χ1) is 12.3. The van der Waals surface area contributed by atoms with Gasteiger partial charge in [0.25, 0.3) is 5.91 Å². The van der Waals surface area contributed by atoms with Crippen LogP contribution in [0.2, 0.25) is 0 Å². The van der Waals surface area contributed by atoms with Gasteiger partial charge < -0.3 is 15.8 Å². The Kier molecular flexibility index (Phi) is 5.79. The number of nitrogens with zero attached hydrogens (tertiary/aromatic N) is 2. The number of hydrogen-bond donors (Lipinski definition) is 2. The molecule has 0 aliphatic carbocycles. The normalized spacial score (nSPS) is 10.8. The summed E-state index contributed by atoms with van der Waals surface area (Å²) in [5.74, 6) is -0.522. The molecule has 2 rings (SSSR count). The van der Waals surface area contributed by atoms with E-state index in [4.69, 9.17) is 15.7 Å². The molecule has 0 unspecified atom stereocenters. The summed E-state index contributed by atoms with van der Waals surface area (Å²) in [6.07, 6.45) is 1.11. The third-order valence-corrected chi connectivity index (χ3v) is 4.53. The summed E-state index contributed by atoms with van der Waals surface area (Å²) < 4.78 is 28.4. The van der Waals surface area contributed by atoms with Gasteiger partial charge in [-0.05, 0) is 30.7 Å². The number of rotatable bonds is 6. The summed E-state index contributed by atoms with van der Waals surface area (Å²) in [5, 5.41) is 11.7. The number of anilines is 1. The molecule has 136 valence electrons. The predicted molar refractivity (Wildman–Crippen MR) is 95.3 cm³/mol. The number of amides is 1. The Bertz CT molecular complexity index is 981. The Balaban J connectivity index is 2.20. The number of nitrogens with one attached hydrogen (secondary N) is 1. The maximum atomic E-state index is 12.3. The minimum absolute atomic E-state index is 0.000719. The van der Waals surface area contributed by atoms with Crippen LogP contribution in [0.15, 0.2) is 35.2 Å². The molecule has 0 saturated carbocycles. The Labute approximate surface area is 151 Å². The highest BCUT2D eigenvalue weighted by atomic mass is 32.2. The van der Waals surface area contributed by atoms with Crippen LogP contribution in [0.1, 0.15) is 28.5 Å². The molecule has 0 fully saturated rings. The fourth-order valence-corrected chi connectivity index (χ4v) is 2.86. The molecule has 0 spiro atoms. The number of ether oxygens (including phenoxy) is 1. The van der Waals surface area contributed by atoms with Crippen molar-refractivity contribution in [1.29, 1.82) is 5.26 Å². The molecule has 0 atom stereocenters. The molecule has 9 heteroatoms. The van der Waals surface area contributed by atoms with Crippen molar-refractivity contribution < 1.29 is 17.9 Å². The number of nitrogens with two attached hydrogens (primary N) is 1. The average Bonchev–Trinajstić information content (AvgIpc) is 2.59. The lowest BCUT2D eigenvalue weighted by Gasteiger charge is -2.10. The minimum atomic E-state index is -3.33. The predicted octanol–water partition coefficient (Wildman–Crippen LogP) is 1.27. The van der Waals surface area contributed by atoms with Gasteiger partial charge in [0.05, 0.1) is 17.2 Å². The zero-order chi connectivity index (χ0) is 19.3. The van der Waals surface area contributed by atoms with Crippen LogP contribution in [0.4, 0.5) is 5.69 Å². The van der Waals surface area contributed by atoms with Gasteiger partial charge in [0.1, 0.15) is 17.3 Å². The number of nitrogen functional groups attached to an aromatic ring is 1. The van der Waals surface area contributed by atoms with Crippen molar-refractivity contribution in [3.8, 4) is 11.9 Å². The third kappa shape index (κ3) is 4.49. The molecule has 0 bridgehead atoms. The van der Waals surface area contributed by atoms with Gasteiger partial charge in [-0.3, -0.25) is 4.79 Å². The number of benzene rings is 1. The van der Waals surface area contributed by atoms with Gasteiger partial charge in [0.15, 0.2) is 9.84 Å². The van der Waals surface area contributed by atoms with Crippen molar-refractivity contribution >= 4 is 21.4 Å². The van der Waals surface area contributed by atoms with Gasteiger partial charge >= 0.3 is 0 Å². The van der Waals surface area contributed by atoms with Gasteiger partial charge in [0, 0.05) is 12.8 Å². The van der Waals surface area contributed by atoms with Crippen LogP contribution in [-0.4, -0.2) is 32.2 Å². The summed E-state index contributed by atoms with van der Waals surface area (Å²) in [7, 11) is -3.33. The molecule has 1 aromatic heterocycles. The zero-order valence-corrected chi connectivity index (χ0v) is 15.1. The minimum Gasteiger partial charge on any atom is -0.477 e. The molecule has 8 nitrogen and oxygen atoms in total. The summed E-state index contributed by atoms with van der Waals surface area (Å²) in [4.78, 5) is 16.5. The number of sulfone groups is 1. The summed E-state index contributed by atoms with van der Waals surface area (Å²) in [5.41, 5.74) is 6.58. The Morgan fingerprint density at radius 1 is 1.38 bits per heavy atom. The van der Waals surface area contributed by atoms with E-state index in [0.717, 1.165) is 6.26 Å². The van der Waals surface area contributed by atoms with Crippen LogP contribution in [0.25, 0.3) is 0 Å². The summed E-state index contributed by atoms with van der Waals surface area (Å²) >= 11 is 0. The smallest absolute Gasteiger partial charge is 0.270 e. The van der Waals surface area contributed by atoms with Gasteiger partial charge in [0.2, 0.25) is 5.88 Å². The molecular weight excluding hydrogens is 356 g/mol. The van der Waals surface area contributed by atoms with Crippen molar-refractivity contribution in [3.63, 3.8) is 0 Å². The topological polar surface area (TPSA) is 135 Å². The number of aromatic nitrogens is 1. The lowest BCUT2D eigenvalue weighted by Crippen LogP contribution is -2.24. The monoisotopic (exact) mass is 374 g/mol. The highest BCUT2D eigenvalue weighted by molar-refractivity contribution is 7.90. The fraction of sp³-hybridized carbons (Fsp3) is 0.235. The average molecular weight is 374 g/mol. The van der Waals surface area contributed by atoms with Crippen LogP contribution in [0, 0.1) is 11.3 Å². The second-order valence-corrected chi connectivity index (χ2v) is 7.44. The highest BCUT2D eigenvalue weighted by Gasteiger charge is 2.16. The number of nitriles is 1. The molecule has 0 saturated heterocycles. The molecular formula is C17H18N4O4S. The molecule has 0 radical (unpaired) electrons. The quantitative estimate of drug-likeness (QED) is 0.777. The van der Waals surface area contributed by atoms with E-state index in [-0.39, 0.29) is 40.9 Å². The SMILES string of the molecule is CCOc1nc(C(=O)NCc2cccc(S(C)(=O)=O)c2)cc(N)c1C#N. The van der Waals surface area contributed by atoms with Crippen LogP contribution >= 0.6 is 0 Å². The number of carbonyl (C=O) groups is 1. The number of pyridine rings is 1. The van der Waals surface area contributed by atoms with Crippen LogP contribution in [0.5, 0.6) is 5.88 Å². The molecule has 3 N–H and O–H groups in total. The van der Waals surface area contributed by atoms with Crippen LogP contribution in [0.3, 0.4) is 0 Å². The second kappa shape index (κ2) is 7.84. The molecule has 2 aromatic rings. The van der Waals surface area contributed by atoms with E-state index in [1.807, 2.05) is 6.07 Å². The van der Waals surface area contributed by atoms with E-state index >= 15 is 0 Å². The standard InChI is InChI=1S/C17H18N4O4S/c1-3-25-17-13(9-18)14(19)8-15(21-17)16(22)20-10-11-5-4-6-12(7-11)26(2,23)24/h4-8H,3,10H2,1-2H3,(H2,19,21)(H,20,22). The molecule has 0 aliphatic heterocycles. The number of hydrogen-bond acceptors (Lipinski definition) is 7. The fourth-order valence-electron chi connectivity index (χ4n) is 2.17. The highest BCUT2D eigenvalue weighted by Crippen LogP contribution is 2.22. The third-order valence-electron chi connectivity index (χ3n) is 3.42. The van der Waals surface area contributed by atoms with Gasteiger partial charge in [-0.1, -0.05) is 12.1 Å². The number of carbonyl (C=O) groups excluding carboxylic acids is 1. The van der Waals surface area contributed by atoms with E-state index < -0.39 is 15.7 Å². The van der Waals surface area contributed by atoms with Crippen molar-refractivity contribution in [3.05, 3.63) is 47.2 Å². The Hall–Kier alpha value is -3.12. The molecule has 1 aromatic carbocycles. The first-order valence-corrected chi connectivity index (χ1v) is 9.56. The van der Waals surface area contributed by atoms with Crippen molar-refractivity contribution in [1.82, 2.24) is 10.3 Å². The van der Waals surface area contributed by atoms with Gasteiger partial charge in [-0.2, -0.15) is 5.26 Å². The second-order valence-electron chi connectivity index (χ2n) is 5.42.